The van der Waals surface area contributed by atoms with Crippen molar-refractivity contribution in [3.63, 3.8) is 0 Å². The zero-order chi connectivity index (χ0) is 40.0. The third-order valence-corrected chi connectivity index (χ3v) is 13.3. The third-order valence-electron chi connectivity index (χ3n) is 12.0. The number of hydrogen-bond acceptors (Lipinski definition) is 5. The monoisotopic (exact) mass is 796 g/mol. The van der Waals surface area contributed by atoms with Crippen LogP contribution in [0.4, 0.5) is 0 Å². The lowest BCUT2D eigenvalue weighted by Gasteiger charge is -2.15. The minimum absolute atomic E-state index is 0.583. The Morgan fingerprint density at radius 3 is 1.87 bits per heavy atom. The zero-order valence-corrected chi connectivity index (χ0v) is 33.4. The Morgan fingerprint density at radius 1 is 0.377 bits per heavy atom. The molecule has 61 heavy (non-hydrogen) atoms. The van der Waals surface area contributed by atoms with Crippen LogP contribution < -0.4 is 0 Å². The minimum atomic E-state index is 0.583. The Balaban J connectivity index is 1.13. The molecule has 0 saturated heterocycles. The summed E-state index contributed by atoms with van der Waals surface area (Å²) in [7, 11) is 0. The van der Waals surface area contributed by atoms with Crippen LogP contribution >= 0.6 is 11.3 Å². The maximum absolute atomic E-state index is 6.62. The Morgan fingerprint density at radius 2 is 1.02 bits per heavy atom. The first kappa shape index (κ1) is 34.0. The molecule has 0 N–H and O–H groups in total. The highest BCUT2D eigenvalue weighted by molar-refractivity contribution is 7.26. The van der Waals surface area contributed by atoms with Crippen molar-refractivity contribution in [2.45, 2.75) is 0 Å². The van der Waals surface area contributed by atoms with Gasteiger partial charge in [0.25, 0.3) is 0 Å². The van der Waals surface area contributed by atoms with Crippen molar-refractivity contribution in [3.05, 3.63) is 194 Å². The van der Waals surface area contributed by atoms with E-state index in [-0.39, 0.29) is 0 Å². The molecule has 0 radical (unpaired) electrons. The van der Waals surface area contributed by atoms with E-state index in [1.54, 1.807) is 11.3 Å². The van der Waals surface area contributed by atoms with E-state index in [9.17, 15) is 0 Å². The second-order valence-electron chi connectivity index (χ2n) is 15.6. The number of fused-ring (bicyclic) bond motifs is 10. The maximum atomic E-state index is 6.62. The largest absolute Gasteiger partial charge is 0.456 e. The summed E-state index contributed by atoms with van der Waals surface area (Å²) in [5, 5.41) is 9.19. The summed E-state index contributed by atoms with van der Waals surface area (Å²) >= 11 is 1.78. The van der Waals surface area contributed by atoms with Gasteiger partial charge in [-0.15, -0.1) is 11.3 Å². The predicted octanol–water partition coefficient (Wildman–Crippen LogP) is 15.1. The van der Waals surface area contributed by atoms with Gasteiger partial charge in [-0.25, -0.2) is 15.0 Å². The van der Waals surface area contributed by atoms with E-state index in [1.165, 1.54) is 37.0 Å². The Bertz CT molecular complexity index is 3880. The molecule has 0 spiro atoms. The van der Waals surface area contributed by atoms with E-state index in [2.05, 4.69) is 180 Å². The maximum Gasteiger partial charge on any atom is 0.166 e. The van der Waals surface area contributed by atoms with Crippen LogP contribution in [0.5, 0.6) is 0 Å². The lowest BCUT2D eigenvalue weighted by molar-refractivity contribution is 0.668. The van der Waals surface area contributed by atoms with Gasteiger partial charge in [-0.2, -0.15) is 0 Å². The van der Waals surface area contributed by atoms with Gasteiger partial charge in [-0.05, 0) is 64.4 Å². The normalized spacial score (nSPS) is 11.9. The molecule has 0 aliphatic heterocycles. The first-order valence-corrected chi connectivity index (χ1v) is 21.2. The summed E-state index contributed by atoms with van der Waals surface area (Å²) in [4.78, 5) is 16.2. The Labute approximate surface area is 353 Å². The number of aromatic nitrogens is 4. The van der Waals surface area contributed by atoms with Crippen LogP contribution in [0.1, 0.15) is 0 Å². The van der Waals surface area contributed by atoms with Crippen molar-refractivity contribution >= 4 is 86.0 Å². The van der Waals surface area contributed by atoms with E-state index >= 15 is 0 Å². The van der Waals surface area contributed by atoms with Crippen molar-refractivity contribution < 1.29 is 4.42 Å². The van der Waals surface area contributed by atoms with Crippen molar-refractivity contribution in [1.29, 1.82) is 0 Å². The van der Waals surface area contributed by atoms with Crippen LogP contribution in [0.3, 0.4) is 0 Å². The summed E-state index contributed by atoms with van der Waals surface area (Å²) < 4.78 is 11.4. The van der Waals surface area contributed by atoms with Gasteiger partial charge in [-0.3, -0.25) is 0 Å². The summed E-state index contributed by atoms with van der Waals surface area (Å²) in [6.45, 7) is 0. The van der Waals surface area contributed by atoms with Gasteiger partial charge in [-0.1, -0.05) is 146 Å². The van der Waals surface area contributed by atoms with Crippen LogP contribution in [0.2, 0.25) is 0 Å². The van der Waals surface area contributed by atoms with Gasteiger partial charge >= 0.3 is 0 Å². The molecule has 0 unspecified atom stereocenters. The van der Waals surface area contributed by atoms with E-state index in [4.69, 9.17) is 19.4 Å². The van der Waals surface area contributed by atoms with Gasteiger partial charge in [0.15, 0.2) is 17.5 Å². The van der Waals surface area contributed by atoms with E-state index in [0.717, 1.165) is 71.2 Å². The Hall–Kier alpha value is -7.93. The smallest absolute Gasteiger partial charge is 0.166 e. The molecule has 0 aliphatic rings. The number of furan rings is 1. The first-order chi connectivity index (χ1) is 30.2. The molecule has 9 aromatic carbocycles. The van der Waals surface area contributed by atoms with Crippen LogP contribution in [-0.2, 0) is 0 Å². The fraction of sp³-hybridized carbons (Fsp3) is 0. The number of para-hydroxylation sites is 2. The third kappa shape index (κ3) is 5.36. The number of thiophene rings is 1. The van der Waals surface area contributed by atoms with E-state index < -0.39 is 0 Å². The van der Waals surface area contributed by atoms with Crippen molar-refractivity contribution in [1.82, 2.24) is 19.5 Å². The topological polar surface area (TPSA) is 56.7 Å². The van der Waals surface area contributed by atoms with Crippen molar-refractivity contribution in [2.75, 3.05) is 0 Å². The fourth-order valence-corrected chi connectivity index (χ4v) is 10.4. The van der Waals surface area contributed by atoms with Gasteiger partial charge in [0, 0.05) is 64.5 Å². The molecule has 4 heterocycles. The predicted molar refractivity (Wildman–Crippen MR) is 254 cm³/mol. The lowest BCUT2D eigenvalue weighted by Crippen LogP contribution is -2.04. The van der Waals surface area contributed by atoms with Crippen LogP contribution in [-0.4, -0.2) is 19.5 Å². The van der Waals surface area contributed by atoms with Gasteiger partial charge in [0.2, 0.25) is 0 Å². The molecule has 0 aliphatic carbocycles. The van der Waals surface area contributed by atoms with Gasteiger partial charge < -0.3 is 8.98 Å². The van der Waals surface area contributed by atoms with E-state index in [0.29, 0.717) is 17.5 Å². The summed E-state index contributed by atoms with van der Waals surface area (Å²) in [6.07, 6.45) is 0. The number of hydrogen-bond donors (Lipinski definition) is 0. The highest BCUT2D eigenvalue weighted by Crippen LogP contribution is 2.43. The second-order valence-corrected chi connectivity index (χ2v) is 16.6. The molecule has 0 fully saturated rings. The Kier molecular flexibility index (Phi) is 7.41. The minimum Gasteiger partial charge on any atom is -0.456 e. The molecule has 0 bridgehead atoms. The molecular weight excluding hydrogens is 765 g/mol. The standard InChI is InChI=1S/C55H32N4OS/c1-2-13-33(14-3-1)34-25-27-35(28-26-34)53-56-54(42-21-12-20-41-40-19-8-11-24-51(40)61-52(41)42)58-55(57-53)45-31-44-39-18-7-10-23-49(39)60-50(44)32-48(45)59-46-22-9-6-17-38(46)43-29-36-15-4-5-16-37(36)30-47(43)59/h1-32H. The number of rotatable bonds is 5. The van der Waals surface area contributed by atoms with Gasteiger partial charge in [0.1, 0.15) is 11.2 Å². The summed E-state index contributed by atoms with van der Waals surface area (Å²) in [6, 6.07) is 68.5. The fourth-order valence-electron chi connectivity index (χ4n) is 9.15. The molecule has 4 aromatic heterocycles. The molecule has 284 valence electrons. The average Bonchev–Trinajstić information content (AvgIpc) is 3.99. The van der Waals surface area contributed by atoms with Crippen molar-refractivity contribution in [2.24, 2.45) is 0 Å². The second kappa shape index (κ2) is 13.3. The molecule has 13 rings (SSSR count). The molecule has 0 atom stereocenters. The van der Waals surface area contributed by atoms with E-state index in [1.807, 2.05) is 18.2 Å². The lowest BCUT2D eigenvalue weighted by atomic mass is 10.0. The molecule has 0 amide bonds. The number of benzene rings is 9. The zero-order valence-electron chi connectivity index (χ0n) is 32.6. The SMILES string of the molecule is c1ccc(-c2ccc(-c3nc(-c4cc5c(cc4-n4c6ccccc6c6cc7ccccc7cc64)oc4ccccc45)nc(-c4cccc5c4sc4ccccc45)n3)cc2)cc1. The summed E-state index contributed by atoms with van der Waals surface area (Å²) in [5.74, 6) is 1.81. The van der Waals surface area contributed by atoms with Crippen LogP contribution in [0.25, 0.3) is 126 Å². The molecule has 13 aromatic rings. The van der Waals surface area contributed by atoms with Gasteiger partial charge in [0.05, 0.1) is 16.7 Å². The number of nitrogens with zero attached hydrogens (tertiary/aromatic N) is 4. The molecular formula is C55H32N4OS. The first-order valence-electron chi connectivity index (χ1n) is 20.4. The van der Waals surface area contributed by atoms with Crippen LogP contribution in [0.15, 0.2) is 199 Å². The van der Waals surface area contributed by atoms with Crippen molar-refractivity contribution in [3.8, 4) is 51.0 Å². The van der Waals surface area contributed by atoms with Crippen LogP contribution in [0, 0.1) is 0 Å². The molecule has 5 nitrogen and oxygen atoms in total. The average molecular weight is 797 g/mol. The quantitative estimate of drug-likeness (QED) is 0.174. The highest BCUT2D eigenvalue weighted by Gasteiger charge is 2.23. The molecule has 0 saturated carbocycles. The molecule has 6 heteroatoms. The summed E-state index contributed by atoms with van der Waals surface area (Å²) in [5.41, 5.74) is 9.80. The highest BCUT2D eigenvalue weighted by atomic mass is 32.1.